The van der Waals surface area contributed by atoms with Crippen molar-refractivity contribution in [3.05, 3.63) is 0 Å². The van der Waals surface area contributed by atoms with Gasteiger partial charge in [-0.25, -0.2) is 24.1 Å². The number of urea groups is 1. The highest BCUT2D eigenvalue weighted by atomic mass is 16.6. The summed E-state index contributed by atoms with van der Waals surface area (Å²) >= 11 is 0. The lowest BCUT2D eigenvalue weighted by Gasteiger charge is -2.29. The largest absolute Gasteiger partial charge is 0.444 e. The molecule has 3 N–H and O–H groups in total. The van der Waals surface area contributed by atoms with Crippen LogP contribution in [0.3, 0.4) is 0 Å². The van der Waals surface area contributed by atoms with Gasteiger partial charge in [0.1, 0.15) is 16.8 Å². The lowest BCUT2D eigenvalue weighted by Crippen LogP contribution is -2.50. The van der Waals surface area contributed by atoms with E-state index in [0.29, 0.717) is 38.6 Å². The van der Waals surface area contributed by atoms with Crippen LogP contribution in [-0.4, -0.2) is 95.6 Å². The van der Waals surface area contributed by atoms with E-state index >= 15 is 0 Å². The Bertz CT molecular complexity index is 1200. The number of alkyl carbamates (subject to hydrolysis) is 2. The van der Waals surface area contributed by atoms with Gasteiger partial charge in [-0.1, -0.05) is 51.4 Å². The second-order valence-corrected chi connectivity index (χ2v) is 16.9. The minimum atomic E-state index is -0.703. The third-order valence-electron chi connectivity index (χ3n) is 7.96. The zero-order valence-corrected chi connectivity index (χ0v) is 33.7. The maximum absolute atomic E-state index is 13.3. The molecule has 14 heteroatoms. The molecule has 0 saturated heterocycles. The first-order valence-electron chi connectivity index (χ1n) is 19.5. The molecule has 1 fully saturated rings. The molecule has 0 unspecified atom stereocenters. The highest BCUT2D eigenvalue weighted by Crippen LogP contribution is 2.30. The summed E-state index contributed by atoms with van der Waals surface area (Å²) in [6, 6.07) is -0.273. The van der Waals surface area contributed by atoms with Crippen LogP contribution in [0.15, 0.2) is 9.98 Å². The van der Waals surface area contributed by atoms with Crippen LogP contribution < -0.4 is 16.0 Å². The molecule has 0 aromatic carbocycles. The maximum Gasteiger partial charge on any atom is 0.417 e. The van der Waals surface area contributed by atoms with Gasteiger partial charge in [-0.15, -0.1) is 0 Å². The predicted molar refractivity (Wildman–Crippen MR) is 205 cm³/mol. The summed E-state index contributed by atoms with van der Waals surface area (Å²) in [6.45, 7) is 18.8. The molecule has 298 valence electrons. The highest BCUT2D eigenvalue weighted by Gasteiger charge is 2.33. The molecule has 0 spiro atoms. The Kier molecular flexibility index (Phi) is 18.7. The van der Waals surface area contributed by atoms with Crippen molar-refractivity contribution in [1.82, 2.24) is 25.8 Å². The van der Waals surface area contributed by atoms with Crippen molar-refractivity contribution in [1.29, 1.82) is 0 Å². The summed E-state index contributed by atoms with van der Waals surface area (Å²) in [7, 11) is 0. The van der Waals surface area contributed by atoms with Gasteiger partial charge in [0.15, 0.2) is 0 Å². The van der Waals surface area contributed by atoms with E-state index in [1.54, 1.807) is 41.5 Å². The van der Waals surface area contributed by atoms with E-state index in [1.807, 2.05) is 25.7 Å². The standard InChI is InChI=1S/C38H69N7O7/c1-36(2,3)50-33(47)42-30-39-24-18-14-10-12-16-20-26-44(32(46)41-30)27-21-17-13-11-15-19-25-40-31(43-34(48)51-37(4,5)6)45(28-29-22-23-29)35(49)52-38(7,8)9/h29H,10-28H2,1-9H3,(H,40,43,48)(H2,39,41,42,46,47). The highest BCUT2D eigenvalue weighted by molar-refractivity contribution is 6.03. The van der Waals surface area contributed by atoms with Gasteiger partial charge in [0.2, 0.25) is 11.9 Å². The minimum absolute atomic E-state index is 0.123. The Balaban J connectivity index is 1.91. The summed E-state index contributed by atoms with van der Waals surface area (Å²) < 4.78 is 16.5. The van der Waals surface area contributed by atoms with Gasteiger partial charge >= 0.3 is 24.3 Å². The number of nitrogens with zero attached hydrogens (tertiary/aromatic N) is 4. The third kappa shape index (κ3) is 21.7. The molecule has 0 bridgehead atoms. The zero-order chi connectivity index (χ0) is 38.8. The van der Waals surface area contributed by atoms with E-state index in [9.17, 15) is 19.2 Å². The Morgan fingerprint density at radius 1 is 0.788 bits per heavy atom. The van der Waals surface area contributed by atoms with Crippen LogP contribution in [0.4, 0.5) is 19.2 Å². The van der Waals surface area contributed by atoms with Crippen molar-refractivity contribution in [3.63, 3.8) is 0 Å². The quantitative estimate of drug-likeness (QED) is 0.0835. The van der Waals surface area contributed by atoms with Gasteiger partial charge in [0.05, 0.1) is 0 Å². The minimum Gasteiger partial charge on any atom is -0.444 e. The zero-order valence-electron chi connectivity index (χ0n) is 33.7. The molecule has 1 saturated carbocycles. The first kappa shape index (κ1) is 44.6. The van der Waals surface area contributed by atoms with Crippen LogP contribution in [0.1, 0.15) is 152 Å². The number of rotatable bonds is 11. The third-order valence-corrected chi connectivity index (χ3v) is 7.96. The fourth-order valence-corrected chi connectivity index (χ4v) is 5.34. The van der Waals surface area contributed by atoms with Gasteiger partial charge in [0, 0.05) is 32.7 Å². The van der Waals surface area contributed by atoms with Crippen molar-refractivity contribution in [3.8, 4) is 0 Å². The van der Waals surface area contributed by atoms with Gasteiger partial charge < -0.3 is 19.1 Å². The number of amides is 5. The number of nitrogens with one attached hydrogen (secondary N) is 3. The molecule has 2 rings (SSSR count). The first-order valence-corrected chi connectivity index (χ1v) is 19.5. The molecule has 2 aliphatic rings. The Morgan fingerprint density at radius 2 is 1.35 bits per heavy atom. The summed E-state index contributed by atoms with van der Waals surface area (Å²) in [5, 5.41) is 8.15. The van der Waals surface area contributed by atoms with E-state index in [-0.39, 0.29) is 18.0 Å². The smallest absolute Gasteiger partial charge is 0.417 e. The normalized spacial score (nSPS) is 17.0. The van der Waals surface area contributed by atoms with Crippen LogP contribution in [0, 0.1) is 5.92 Å². The predicted octanol–water partition coefficient (Wildman–Crippen LogP) is 8.10. The second kappa shape index (κ2) is 21.8. The number of hydrogen-bond donors (Lipinski definition) is 3. The SMILES string of the molecule is CC(C)(C)OC(=O)NC1=NCCCCCCCCN(CCCCCCCCN=C(NC(=O)OC(C)(C)C)N(CC2CC2)C(=O)OC(C)(C)C)C(=O)N1. The molecule has 5 amide bonds. The van der Waals surface area contributed by atoms with Gasteiger partial charge in [-0.2, -0.15) is 0 Å². The molecule has 0 aromatic rings. The van der Waals surface area contributed by atoms with Crippen LogP contribution in [0.2, 0.25) is 0 Å². The van der Waals surface area contributed by atoms with Crippen LogP contribution in [0.25, 0.3) is 0 Å². The fraction of sp³-hybridized carbons (Fsp3) is 0.842. The average molecular weight is 736 g/mol. The topological polar surface area (TPSA) is 163 Å². The molecule has 1 aliphatic carbocycles. The molecular weight excluding hydrogens is 666 g/mol. The van der Waals surface area contributed by atoms with Crippen LogP contribution in [0.5, 0.6) is 0 Å². The van der Waals surface area contributed by atoms with Crippen molar-refractivity contribution in [2.45, 2.75) is 169 Å². The Morgan fingerprint density at radius 3 is 1.96 bits per heavy atom. The van der Waals surface area contributed by atoms with Crippen molar-refractivity contribution < 1.29 is 33.4 Å². The van der Waals surface area contributed by atoms with Crippen molar-refractivity contribution >= 4 is 36.2 Å². The van der Waals surface area contributed by atoms with E-state index in [1.165, 1.54) is 4.90 Å². The van der Waals surface area contributed by atoms with Crippen molar-refractivity contribution in [2.24, 2.45) is 15.9 Å². The van der Waals surface area contributed by atoms with E-state index < -0.39 is 35.1 Å². The monoisotopic (exact) mass is 736 g/mol. The number of unbranched alkanes of at least 4 members (excludes halogenated alkanes) is 5. The summed E-state index contributed by atoms with van der Waals surface area (Å²) in [4.78, 5) is 64.0. The Labute approximate surface area is 312 Å². The Hall–Kier alpha value is -3.58. The molecule has 0 aromatic heterocycles. The van der Waals surface area contributed by atoms with Crippen LogP contribution in [-0.2, 0) is 14.2 Å². The molecule has 0 atom stereocenters. The number of guanidine groups is 2. The number of aliphatic imine (C=N–C) groups is 2. The average Bonchev–Trinajstić information content (AvgIpc) is 3.81. The van der Waals surface area contributed by atoms with E-state index in [4.69, 9.17) is 14.2 Å². The lowest BCUT2D eigenvalue weighted by atomic mass is 10.1. The van der Waals surface area contributed by atoms with Gasteiger partial charge in [0.25, 0.3) is 0 Å². The molecule has 1 heterocycles. The number of hydrogen-bond acceptors (Lipinski definition) is 9. The molecule has 14 nitrogen and oxygen atoms in total. The molecule has 0 radical (unpaired) electrons. The lowest BCUT2D eigenvalue weighted by molar-refractivity contribution is 0.0351. The first-order chi connectivity index (χ1) is 24.3. The van der Waals surface area contributed by atoms with Gasteiger partial charge in [-0.05, 0) is 107 Å². The van der Waals surface area contributed by atoms with E-state index in [2.05, 4.69) is 25.9 Å². The summed E-state index contributed by atoms with van der Waals surface area (Å²) in [5.74, 6) is 0.627. The van der Waals surface area contributed by atoms with Crippen molar-refractivity contribution in [2.75, 3.05) is 32.7 Å². The second-order valence-electron chi connectivity index (χ2n) is 16.9. The number of ether oxygens (including phenoxy) is 3. The number of carbonyl (C=O) groups excluding carboxylic acids is 4. The summed E-state index contributed by atoms with van der Waals surface area (Å²) in [6.07, 6.45) is 11.9. The number of carbonyl (C=O) groups is 4. The maximum atomic E-state index is 13.3. The fourth-order valence-electron chi connectivity index (χ4n) is 5.34. The molecule has 52 heavy (non-hydrogen) atoms. The van der Waals surface area contributed by atoms with E-state index in [0.717, 1.165) is 89.9 Å². The molecular formula is C38H69N7O7. The van der Waals surface area contributed by atoms with Gasteiger partial charge in [-0.3, -0.25) is 25.9 Å². The summed E-state index contributed by atoms with van der Waals surface area (Å²) in [5.41, 5.74) is -2.07. The molecule has 1 aliphatic heterocycles. The van der Waals surface area contributed by atoms with Crippen LogP contribution >= 0.6 is 0 Å².